The molecule has 32 heavy (non-hydrogen) atoms. The number of imide groups is 1. The summed E-state index contributed by atoms with van der Waals surface area (Å²) in [4.78, 5) is 45.7. The standard InChI is InChI=1S/C22H21ClN4O3.C2H6/c1-26-21(30)27(20(29)22(26)12-13-5-6-14(22)10-13)18-8-7-15(11-16(18)23)25-19(28)17-4-2-3-9-24-17;1-2/h2-4,7-9,11,13-14H,5-6,10,12H2,1H3,(H,25,28);1-2H3. The fraction of sp³-hybridized carbons (Fsp3) is 0.417. The molecule has 1 aromatic carbocycles. The van der Waals surface area contributed by atoms with Gasteiger partial charge in [-0.25, -0.2) is 9.69 Å². The van der Waals surface area contributed by atoms with E-state index in [-0.39, 0.29) is 34.5 Å². The molecule has 1 aromatic heterocycles. The number of likely N-dealkylation sites (N-methyl/N-ethyl adjacent to an activating group) is 1. The molecule has 7 nitrogen and oxygen atoms in total. The van der Waals surface area contributed by atoms with Crippen molar-refractivity contribution in [2.75, 3.05) is 17.3 Å². The summed E-state index contributed by atoms with van der Waals surface area (Å²) in [6, 6.07) is 9.50. The van der Waals surface area contributed by atoms with Crippen LogP contribution in [0, 0.1) is 11.8 Å². The Hall–Kier alpha value is -2.93. The lowest BCUT2D eigenvalue weighted by Gasteiger charge is -2.36. The highest BCUT2D eigenvalue weighted by molar-refractivity contribution is 6.36. The topological polar surface area (TPSA) is 82.6 Å². The first-order valence-electron chi connectivity index (χ1n) is 11.1. The highest BCUT2D eigenvalue weighted by atomic mass is 35.5. The summed E-state index contributed by atoms with van der Waals surface area (Å²) in [5.41, 5.74) is 0.341. The molecule has 2 aliphatic carbocycles. The Kier molecular flexibility index (Phi) is 5.95. The van der Waals surface area contributed by atoms with Crippen LogP contribution in [-0.4, -0.2) is 40.3 Å². The fourth-order valence-electron chi connectivity index (χ4n) is 5.39. The molecule has 168 valence electrons. The van der Waals surface area contributed by atoms with Crippen molar-refractivity contribution in [2.45, 2.75) is 45.1 Å². The highest BCUT2D eigenvalue weighted by Gasteiger charge is 2.65. The van der Waals surface area contributed by atoms with E-state index in [1.165, 1.54) is 11.1 Å². The van der Waals surface area contributed by atoms with E-state index in [4.69, 9.17) is 11.6 Å². The van der Waals surface area contributed by atoms with Crippen molar-refractivity contribution >= 4 is 40.8 Å². The lowest BCUT2D eigenvalue weighted by molar-refractivity contribution is -0.127. The number of carbonyl (C=O) groups is 3. The maximum Gasteiger partial charge on any atom is 0.332 e. The monoisotopic (exact) mass is 454 g/mol. The van der Waals surface area contributed by atoms with E-state index < -0.39 is 5.54 Å². The molecule has 1 saturated heterocycles. The number of nitrogens with one attached hydrogen (secondary N) is 1. The van der Waals surface area contributed by atoms with Crippen LogP contribution < -0.4 is 10.2 Å². The molecule has 3 fully saturated rings. The van der Waals surface area contributed by atoms with Crippen molar-refractivity contribution in [3.05, 3.63) is 53.3 Å². The summed E-state index contributed by atoms with van der Waals surface area (Å²) in [5.74, 6) is 0.168. The van der Waals surface area contributed by atoms with Crippen LogP contribution in [0.1, 0.15) is 50.0 Å². The number of amides is 4. The second-order valence-electron chi connectivity index (χ2n) is 8.32. The first-order chi connectivity index (χ1) is 15.4. The summed E-state index contributed by atoms with van der Waals surface area (Å²) in [6.07, 6.45) is 5.38. The number of carbonyl (C=O) groups excluding carboxylic acids is 3. The minimum atomic E-state index is -0.741. The molecule has 5 rings (SSSR count). The molecule has 3 unspecified atom stereocenters. The third-order valence-corrected chi connectivity index (χ3v) is 7.11. The van der Waals surface area contributed by atoms with Crippen LogP contribution in [0.25, 0.3) is 0 Å². The lowest BCUT2D eigenvalue weighted by Crippen LogP contribution is -2.52. The SMILES string of the molecule is CC.CN1C(=O)N(c2ccc(NC(=O)c3ccccn3)cc2Cl)C(=O)C12CC1CCC2C1. The number of anilines is 2. The van der Waals surface area contributed by atoms with E-state index in [0.717, 1.165) is 25.7 Å². The minimum Gasteiger partial charge on any atom is -0.321 e. The van der Waals surface area contributed by atoms with Gasteiger partial charge in [0.2, 0.25) is 0 Å². The summed E-state index contributed by atoms with van der Waals surface area (Å²) < 4.78 is 0. The smallest absolute Gasteiger partial charge is 0.321 e. The molecule has 1 N–H and O–H groups in total. The van der Waals surface area contributed by atoms with Crippen LogP contribution >= 0.6 is 11.6 Å². The predicted molar refractivity (Wildman–Crippen MR) is 124 cm³/mol. The van der Waals surface area contributed by atoms with Gasteiger partial charge >= 0.3 is 6.03 Å². The van der Waals surface area contributed by atoms with E-state index in [0.29, 0.717) is 17.3 Å². The third kappa shape index (κ3) is 3.35. The van der Waals surface area contributed by atoms with Gasteiger partial charge in [0.25, 0.3) is 11.8 Å². The Balaban J connectivity index is 0.00000119. The van der Waals surface area contributed by atoms with Crippen molar-refractivity contribution in [2.24, 2.45) is 11.8 Å². The number of benzene rings is 1. The van der Waals surface area contributed by atoms with Crippen LogP contribution in [0.3, 0.4) is 0 Å². The number of pyridine rings is 1. The summed E-state index contributed by atoms with van der Waals surface area (Å²) in [6.45, 7) is 4.00. The van der Waals surface area contributed by atoms with Crippen molar-refractivity contribution in [1.29, 1.82) is 0 Å². The van der Waals surface area contributed by atoms with Gasteiger partial charge in [0.15, 0.2) is 0 Å². The average Bonchev–Trinajstić information content (AvgIpc) is 3.48. The number of urea groups is 1. The van der Waals surface area contributed by atoms with Gasteiger partial charge in [0.05, 0.1) is 10.7 Å². The zero-order chi connectivity index (χ0) is 23.0. The van der Waals surface area contributed by atoms with Crippen LogP contribution in [0.15, 0.2) is 42.6 Å². The Bertz CT molecular complexity index is 1060. The van der Waals surface area contributed by atoms with Crippen molar-refractivity contribution in [3.8, 4) is 0 Å². The van der Waals surface area contributed by atoms with Crippen molar-refractivity contribution in [3.63, 3.8) is 0 Å². The van der Waals surface area contributed by atoms with Gasteiger partial charge in [-0.1, -0.05) is 31.5 Å². The molecule has 2 aromatic rings. The number of hydrogen-bond donors (Lipinski definition) is 1. The number of aromatic nitrogens is 1. The maximum absolute atomic E-state index is 13.5. The lowest BCUT2D eigenvalue weighted by atomic mass is 9.80. The first-order valence-corrected chi connectivity index (χ1v) is 11.4. The zero-order valence-electron chi connectivity index (χ0n) is 18.5. The van der Waals surface area contributed by atoms with Gasteiger partial charge in [0.1, 0.15) is 11.2 Å². The molecular weight excluding hydrogens is 428 g/mol. The molecule has 3 aliphatic rings. The van der Waals surface area contributed by atoms with Crippen LogP contribution in [0.4, 0.5) is 16.2 Å². The highest BCUT2D eigenvalue weighted by Crippen LogP contribution is 2.56. The quantitative estimate of drug-likeness (QED) is 0.663. The largest absolute Gasteiger partial charge is 0.332 e. The van der Waals surface area contributed by atoms with E-state index in [9.17, 15) is 14.4 Å². The first kappa shape index (κ1) is 22.3. The number of hydrogen-bond acceptors (Lipinski definition) is 4. The normalized spacial score (nSPS) is 25.9. The number of rotatable bonds is 3. The van der Waals surface area contributed by atoms with E-state index in [1.54, 1.807) is 48.3 Å². The minimum absolute atomic E-state index is 0.186. The molecule has 2 heterocycles. The molecule has 3 atom stereocenters. The predicted octanol–water partition coefficient (Wildman–Crippen LogP) is 4.97. The van der Waals surface area contributed by atoms with E-state index >= 15 is 0 Å². The van der Waals surface area contributed by atoms with Gasteiger partial charge in [-0.3, -0.25) is 14.6 Å². The summed E-state index contributed by atoms with van der Waals surface area (Å²) in [7, 11) is 1.72. The number of halogens is 1. The Morgan fingerprint density at radius 1 is 1.19 bits per heavy atom. The Morgan fingerprint density at radius 2 is 1.97 bits per heavy atom. The van der Waals surface area contributed by atoms with Crippen LogP contribution in [0.2, 0.25) is 5.02 Å². The average molecular weight is 455 g/mol. The third-order valence-electron chi connectivity index (χ3n) is 6.81. The van der Waals surface area contributed by atoms with Gasteiger partial charge < -0.3 is 10.2 Å². The van der Waals surface area contributed by atoms with E-state index in [2.05, 4.69) is 10.3 Å². The molecule has 1 aliphatic heterocycles. The second kappa shape index (κ2) is 8.54. The molecule has 2 bridgehead atoms. The Labute approximate surface area is 192 Å². The molecule has 2 saturated carbocycles. The fourth-order valence-corrected chi connectivity index (χ4v) is 5.65. The van der Waals surface area contributed by atoms with Gasteiger partial charge in [-0.05, 0) is 67.9 Å². The second-order valence-corrected chi connectivity index (χ2v) is 8.73. The Morgan fingerprint density at radius 3 is 2.56 bits per heavy atom. The molecular formula is C24H27ClN4O3. The van der Waals surface area contributed by atoms with Crippen LogP contribution in [0.5, 0.6) is 0 Å². The van der Waals surface area contributed by atoms with Gasteiger partial charge in [0, 0.05) is 18.9 Å². The molecule has 0 radical (unpaired) electrons. The maximum atomic E-state index is 13.5. The van der Waals surface area contributed by atoms with E-state index in [1.807, 2.05) is 13.8 Å². The number of nitrogens with zero attached hydrogens (tertiary/aromatic N) is 3. The molecule has 1 spiro atoms. The van der Waals surface area contributed by atoms with Gasteiger partial charge in [-0.15, -0.1) is 0 Å². The van der Waals surface area contributed by atoms with Crippen molar-refractivity contribution in [1.82, 2.24) is 9.88 Å². The molecule has 8 heteroatoms. The summed E-state index contributed by atoms with van der Waals surface area (Å²) >= 11 is 6.46. The summed E-state index contributed by atoms with van der Waals surface area (Å²) in [5, 5.41) is 2.96. The molecule has 4 amide bonds. The number of fused-ring (bicyclic) bond motifs is 3. The van der Waals surface area contributed by atoms with Crippen molar-refractivity contribution < 1.29 is 14.4 Å². The zero-order valence-corrected chi connectivity index (χ0v) is 19.2. The van der Waals surface area contributed by atoms with Crippen LogP contribution in [-0.2, 0) is 4.79 Å². The van der Waals surface area contributed by atoms with Gasteiger partial charge in [-0.2, -0.15) is 0 Å².